The number of nitrogens with one attached hydrogen (secondary N) is 1. The van der Waals surface area contributed by atoms with E-state index in [1.165, 1.54) is 5.69 Å². The summed E-state index contributed by atoms with van der Waals surface area (Å²) in [6.45, 7) is 2.13. The van der Waals surface area contributed by atoms with Crippen LogP contribution in [0.4, 0.5) is 5.69 Å². The van der Waals surface area contributed by atoms with Gasteiger partial charge in [0.15, 0.2) is 0 Å². The van der Waals surface area contributed by atoms with Gasteiger partial charge in [0.25, 0.3) is 0 Å². The maximum absolute atomic E-state index is 12.0. The second-order valence-corrected chi connectivity index (χ2v) is 6.04. The Morgan fingerprint density at radius 2 is 2.29 bits per heavy atom. The van der Waals surface area contributed by atoms with Crippen molar-refractivity contribution in [3.63, 3.8) is 0 Å². The van der Waals surface area contributed by atoms with Crippen molar-refractivity contribution in [2.75, 3.05) is 18.0 Å². The highest BCUT2D eigenvalue weighted by Gasteiger charge is 2.24. The lowest BCUT2D eigenvalue weighted by Gasteiger charge is -2.20. The van der Waals surface area contributed by atoms with Gasteiger partial charge in [-0.3, -0.25) is 4.79 Å². The van der Waals surface area contributed by atoms with Crippen LogP contribution in [0.1, 0.15) is 6.42 Å². The summed E-state index contributed by atoms with van der Waals surface area (Å²) in [4.78, 5) is 18.2. The van der Waals surface area contributed by atoms with E-state index in [0.717, 1.165) is 24.0 Å². The van der Waals surface area contributed by atoms with Gasteiger partial charge in [0.05, 0.1) is 12.0 Å². The molecule has 6 heteroatoms. The van der Waals surface area contributed by atoms with Gasteiger partial charge < -0.3 is 14.8 Å². The molecule has 1 amide bonds. The number of aromatic nitrogens is 2. The van der Waals surface area contributed by atoms with Crippen molar-refractivity contribution in [1.29, 1.82) is 0 Å². The first kappa shape index (κ1) is 14.1. The van der Waals surface area contributed by atoms with Crippen molar-refractivity contribution in [2.45, 2.75) is 19.0 Å². The lowest BCUT2D eigenvalue weighted by atomic mass is 10.2. The van der Waals surface area contributed by atoms with Gasteiger partial charge in [-0.15, -0.1) is 0 Å². The highest BCUT2D eigenvalue weighted by molar-refractivity contribution is 9.10. The molecular formula is C15H17BrN4O. The summed E-state index contributed by atoms with van der Waals surface area (Å²) >= 11 is 3.58. The van der Waals surface area contributed by atoms with Gasteiger partial charge in [-0.25, -0.2) is 4.98 Å². The average Bonchev–Trinajstić information content (AvgIpc) is 3.11. The summed E-state index contributed by atoms with van der Waals surface area (Å²) in [7, 11) is 0. The molecule has 3 rings (SSSR count). The third kappa shape index (κ3) is 3.44. The van der Waals surface area contributed by atoms with Crippen molar-refractivity contribution in [3.05, 3.63) is 47.5 Å². The van der Waals surface area contributed by atoms with Crippen LogP contribution in [0.2, 0.25) is 0 Å². The molecule has 0 bridgehead atoms. The van der Waals surface area contributed by atoms with Crippen LogP contribution in [0.3, 0.4) is 0 Å². The minimum absolute atomic E-state index is 0.0342. The van der Waals surface area contributed by atoms with E-state index >= 15 is 0 Å². The summed E-state index contributed by atoms with van der Waals surface area (Å²) in [6.07, 6.45) is 6.09. The quantitative estimate of drug-likeness (QED) is 0.919. The Kier molecular flexibility index (Phi) is 4.24. The number of hydrogen-bond donors (Lipinski definition) is 1. The molecule has 1 aliphatic heterocycles. The van der Waals surface area contributed by atoms with Gasteiger partial charge in [0, 0.05) is 36.0 Å². The molecule has 0 aliphatic carbocycles. The van der Waals surface area contributed by atoms with E-state index in [2.05, 4.69) is 37.2 Å². The highest BCUT2D eigenvalue weighted by Crippen LogP contribution is 2.28. The second kappa shape index (κ2) is 6.30. The summed E-state index contributed by atoms with van der Waals surface area (Å²) in [5.41, 5.74) is 1.18. The molecule has 21 heavy (non-hydrogen) atoms. The third-order valence-electron chi connectivity index (χ3n) is 3.63. The van der Waals surface area contributed by atoms with Crippen LogP contribution in [0.15, 0.2) is 47.5 Å². The lowest BCUT2D eigenvalue weighted by molar-refractivity contribution is -0.122. The lowest BCUT2D eigenvalue weighted by Crippen LogP contribution is -2.38. The second-order valence-electron chi connectivity index (χ2n) is 5.19. The Morgan fingerprint density at radius 3 is 3.05 bits per heavy atom. The Bertz CT molecular complexity index is 614. The molecule has 1 aromatic carbocycles. The van der Waals surface area contributed by atoms with Gasteiger partial charge in [-0.05, 0) is 34.5 Å². The fraction of sp³-hybridized carbons (Fsp3) is 0.333. The maximum Gasteiger partial charge on any atom is 0.240 e. The summed E-state index contributed by atoms with van der Waals surface area (Å²) in [5.74, 6) is 0.0342. The topological polar surface area (TPSA) is 50.2 Å². The molecule has 1 saturated heterocycles. The molecule has 0 unspecified atom stereocenters. The van der Waals surface area contributed by atoms with Gasteiger partial charge in [-0.1, -0.05) is 12.1 Å². The largest absolute Gasteiger partial charge is 0.368 e. The molecule has 110 valence electrons. The Balaban J connectivity index is 1.55. The Hall–Kier alpha value is -1.82. The van der Waals surface area contributed by atoms with E-state index in [9.17, 15) is 4.79 Å². The van der Waals surface area contributed by atoms with Gasteiger partial charge in [-0.2, -0.15) is 0 Å². The van der Waals surface area contributed by atoms with E-state index in [1.807, 2.05) is 18.2 Å². The number of benzene rings is 1. The monoisotopic (exact) mass is 348 g/mol. The van der Waals surface area contributed by atoms with Crippen molar-refractivity contribution < 1.29 is 4.79 Å². The van der Waals surface area contributed by atoms with Crippen LogP contribution in [-0.2, 0) is 11.3 Å². The molecule has 0 radical (unpaired) electrons. The summed E-state index contributed by atoms with van der Waals surface area (Å²) in [5, 5.41) is 3.09. The highest BCUT2D eigenvalue weighted by atomic mass is 79.9. The summed E-state index contributed by atoms with van der Waals surface area (Å²) in [6, 6.07) is 8.38. The number of anilines is 1. The zero-order valence-corrected chi connectivity index (χ0v) is 13.2. The van der Waals surface area contributed by atoms with Gasteiger partial charge in [0.2, 0.25) is 5.91 Å². The number of amides is 1. The standard InChI is InChI=1S/C15H17BrN4O/c16-13-3-1-2-4-14(13)20-7-5-12(9-20)18-15(21)10-19-8-6-17-11-19/h1-4,6,8,11-12H,5,7,9-10H2,(H,18,21)/t12-/m1/s1. The van der Waals surface area contributed by atoms with Crippen molar-refractivity contribution >= 4 is 27.5 Å². The number of hydrogen-bond acceptors (Lipinski definition) is 3. The number of carbonyl (C=O) groups excluding carboxylic acids is 1. The Labute approximate surface area is 132 Å². The molecule has 1 N–H and O–H groups in total. The maximum atomic E-state index is 12.0. The zero-order chi connectivity index (χ0) is 14.7. The molecule has 1 aromatic heterocycles. The number of carbonyl (C=O) groups is 1. The van der Waals surface area contributed by atoms with Crippen LogP contribution in [-0.4, -0.2) is 34.6 Å². The van der Waals surface area contributed by atoms with Gasteiger partial charge in [0.1, 0.15) is 6.54 Å². The van der Waals surface area contributed by atoms with Crippen LogP contribution < -0.4 is 10.2 Å². The van der Waals surface area contributed by atoms with Crippen LogP contribution in [0.5, 0.6) is 0 Å². The van der Waals surface area contributed by atoms with Gasteiger partial charge >= 0.3 is 0 Å². The predicted molar refractivity (Wildman–Crippen MR) is 85.1 cm³/mol. The van der Waals surface area contributed by atoms with Crippen molar-refractivity contribution in [1.82, 2.24) is 14.9 Å². The average molecular weight is 349 g/mol. The number of rotatable bonds is 4. The third-order valence-corrected chi connectivity index (χ3v) is 4.30. The molecule has 1 aliphatic rings. The molecule has 5 nitrogen and oxygen atoms in total. The minimum Gasteiger partial charge on any atom is -0.368 e. The van der Waals surface area contributed by atoms with Crippen LogP contribution in [0, 0.1) is 0 Å². The molecule has 2 aromatic rings. The molecule has 0 spiro atoms. The SMILES string of the molecule is O=C(Cn1ccnc1)N[C@@H]1CCN(c2ccccc2Br)C1. The number of nitrogens with zero attached hydrogens (tertiary/aromatic N) is 3. The smallest absolute Gasteiger partial charge is 0.240 e. The first-order valence-corrected chi connectivity index (χ1v) is 7.76. The van der Waals surface area contributed by atoms with Crippen LogP contribution in [0.25, 0.3) is 0 Å². The van der Waals surface area contributed by atoms with Crippen LogP contribution >= 0.6 is 15.9 Å². The molecule has 0 saturated carbocycles. The first-order valence-electron chi connectivity index (χ1n) is 6.97. The van der Waals surface area contributed by atoms with E-state index in [4.69, 9.17) is 0 Å². The predicted octanol–water partition coefficient (Wildman–Crippen LogP) is 2.04. The summed E-state index contributed by atoms with van der Waals surface area (Å²) < 4.78 is 2.87. The fourth-order valence-electron chi connectivity index (χ4n) is 2.62. The Morgan fingerprint density at radius 1 is 1.43 bits per heavy atom. The normalized spacial score (nSPS) is 18.0. The number of halogens is 1. The van der Waals surface area contributed by atoms with E-state index in [0.29, 0.717) is 6.54 Å². The van der Waals surface area contributed by atoms with Crippen molar-refractivity contribution in [3.8, 4) is 0 Å². The fourth-order valence-corrected chi connectivity index (χ4v) is 3.16. The first-order chi connectivity index (χ1) is 10.2. The van der Waals surface area contributed by atoms with E-state index < -0.39 is 0 Å². The van der Waals surface area contributed by atoms with E-state index in [1.54, 1.807) is 23.3 Å². The molecule has 1 fully saturated rings. The zero-order valence-electron chi connectivity index (χ0n) is 11.6. The molecule has 2 heterocycles. The molecule has 1 atom stereocenters. The van der Waals surface area contributed by atoms with Crippen molar-refractivity contribution in [2.24, 2.45) is 0 Å². The number of imidazole rings is 1. The molecular weight excluding hydrogens is 332 g/mol. The van der Waals surface area contributed by atoms with E-state index in [-0.39, 0.29) is 11.9 Å². The minimum atomic E-state index is 0.0342. The number of para-hydroxylation sites is 1.